The van der Waals surface area contributed by atoms with Crippen molar-refractivity contribution in [2.24, 2.45) is 5.92 Å². The van der Waals surface area contributed by atoms with Crippen LogP contribution in [-0.4, -0.2) is 4.98 Å². The first-order valence-corrected chi connectivity index (χ1v) is 5.90. The molecule has 86 valence electrons. The third-order valence-corrected chi connectivity index (χ3v) is 2.85. The van der Waals surface area contributed by atoms with E-state index in [-0.39, 0.29) is 0 Å². The molecule has 0 N–H and O–H groups in total. The molecule has 1 nitrogen and oxygen atoms in total. The van der Waals surface area contributed by atoms with E-state index in [9.17, 15) is 0 Å². The molecule has 1 heteroatoms. The van der Waals surface area contributed by atoms with Crippen molar-refractivity contribution in [1.82, 2.24) is 4.98 Å². The first-order chi connectivity index (χ1) is 8.22. The molecule has 0 aliphatic rings. The van der Waals surface area contributed by atoms with Crippen LogP contribution in [0.25, 0.3) is 16.3 Å². The van der Waals surface area contributed by atoms with Crippen LogP contribution in [0.4, 0.5) is 0 Å². The Hall–Kier alpha value is -1.89. The number of nitrogens with zero attached hydrogens (tertiary/aromatic N) is 1. The number of benzene rings is 1. The number of fused-ring (bicyclic) bond motifs is 1. The molecule has 0 atom stereocenters. The van der Waals surface area contributed by atoms with E-state index in [4.69, 9.17) is 0 Å². The summed E-state index contributed by atoms with van der Waals surface area (Å²) in [5.41, 5.74) is 2.27. The third kappa shape index (κ3) is 2.44. The molecule has 1 heterocycles. The van der Waals surface area contributed by atoms with Gasteiger partial charge >= 0.3 is 0 Å². The van der Waals surface area contributed by atoms with Crippen molar-refractivity contribution in [3.8, 4) is 0 Å². The summed E-state index contributed by atoms with van der Waals surface area (Å²) in [7, 11) is 0. The van der Waals surface area contributed by atoms with Crippen molar-refractivity contribution in [1.29, 1.82) is 0 Å². The minimum atomic E-state index is 0.446. The Bertz CT molecular complexity index is 565. The molecule has 1 aromatic carbocycles. The van der Waals surface area contributed by atoms with Gasteiger partial charge in [-0.25, -0.2) is 0 Å². The third-order valence-electron chi connectivity index (χ3n) is 2.85. The van der Waals surface area contributed by atoms with Crippen LogP contribution in [0.2, 0.25) is 0 Å². The Morgan fingerprint density at radius 1 is 1.24 bits per heavy atom. The van der Waals surface area contributed by atoms with Gasteiger partial charge in [-0.15, -0.1) is 0 Å². The van der Waals surface area contributed by atoms with Crippen molar-refractivity contribution in [3.05, 3.63) is 61.0 Å². The largest absolute Gasteiger partial charge is 0.256 e. The zero-order valence-corrected chi connectivity index (χ0v) is 10.4. The lowest BCUT2D eigenvalue weighted by Crippen LogP contribution is -1.96. The van der Waals surface area contributed by atoms with Gasteiger partial charge in [0.1, 0.15) is 0 Å². The first-order valence-electron chi connectivity index (χ1n) is 5.90. The Balaban J connectivity index is 2.55. The lowest BCUT2D eigenvalue weighted by Gasteiger charge is -2.11. The van der Waals surface area contributed by atoms with Crippen LogP contribution < -0.4 is 0 Å². The SMILES string of the molecule is C=C/C=C(/c1cc2ccccc2cn1)C(C)C. The molecule has 0 aliphatic heterocycles. The highest BCUT2D eigenvalue weighted by atomic mass is 14.7. The maximum Gasteiger partial charge on any atom is 0.0670 e. The second kappa shape index (κ2) is 4.96. The van der Waals surface area contributed by atoms with Gasteiger partial charge in [0.05, 0.1) is 5.69 Å². The number of aromatic nitrogens is 1. The molecule has 0 unspecified atom stereocenters. The predicted molar refractivity (Wildman–Crippen MR) is 74.8 cm³/mol. The Kier molecular flexibility index (Phi) is 3.38. The van der Waals surface area contributed by atoms with Crippen LogP contribution >= 0.6 is 0 Å². The highest BCUT2D eigenvalue weighted by Gasteiger charge is 2.07. The highest BCUT2D eigenvalue weighted by molar-refractivity contribution is 5.84. The number of hydrogen-bond acceptors (Lipinski definition) is 1. The van der Waals surface area contributed by atoms with Gasteiger partial charge in [-0.1, -0.05) is 56.8 Å². The maximum atomic E-state index is 4.53. The molecule has 0 bridgehead atoms. The van der Waals surface area contributed by atoms with Crippen LogP contribution in [0.3, 0.4) is 0 Å². The number of allylic oxidation sites excluding steroid dienone is 3. The van der Waals surface area contributed by atoms with E-state index >= 15 is 0 Å². The van der Waals surface area contributed by atoms with E-state index < -0.39 is 0 Å². The van der Waals surface area contributed by atoms with E-state index in [1.165, 1.54) is 16.3 Å². The average molecular weight is 223 g/mol. The summed E-state index contributed by atoms with van der Waals surface area (Å²) in [4.78, 5) is 4.53. The van der Waals surface area contributed by atoms with E-state index in [0.717, 1.165) is 5.69 Å². The molecule has 1 aromatic heterocycles. The van der Waals surface area contributed by atoms with Crippen LogP contribution in [0.1, 0.15) is 19.5 Å². The summed E-state index contributed by atoms with van der Waals surface area (Å²) < 4.78 is 0. The predicted octanol–water partition coefficient (Wildman–Crippen LogP) is 4.46. The Labute approximate surface area is 103 Å². The second-order valence-electron chi connectivity index (χ2n) is 4.43. The number of hydrogen-bond donors (Lipinski definition) is 0. The van der Waals surface area contributed by atoms with Crippen LogP contribution in [0.15, 0.2) is 55.3 Å². The van der Waals surface area contributed by atoms with E-state index in [1.807, 2.05) is 24.4 Å². The van der Waals surface area contributed by atoms with Gasteiger partial charge in [0.15, 0.2) is 0 Å². The monoisotopic (exact) mass is 223 g/mol. The van der Waals surface area contributed by atoms with Crippen molar-refractivity contribution < 1.29 is 0 Å². The first kappa shape index (κ1) is 11.6. The van der Waals surface area contributed by atoms with Gasteiger partial charge in [-0.3, -0.25) is 4.98 Å². The highest BCUT2D eigenvalue weighted by Crippen LogP contribution is 2.24. The number of rotatable bonds is 3. The van der Waals surface area contributed by atoms with Crippen molar-refractivity contribution in [3.63, 3.8) is 0 Å². The lowest BCUT2D eigenvalue weighted by molar-refractivity contribution is 0.849. The van der Waals surface area contributed by atoms with Crippen molar-refractivity contribution >= 4 is 16.3 Å². The molecule has 2 aromatic rings. The fourth-order valence-electron chi connectivity index (χ4n) is 1.94. The number of pyridine rings is 1. The molecular weight excluding hydrogens is 206 g/mol. The molecule has 0 aliphatic carbocycles. The summed E-state index contributed by atoms with van der Waals surface area (Å²) >= 11 is 0. The second-order valence-corrected chi connectivity index (χ2v) is 4.43. The van der Waals surface area contributed by atoms with Gasteiger partial charge in [0.25, 0.3) is 0 Å². The van der Waals surface area contributed by atoms with E-state index in [0.29, 0.717) is 5.92 Å². The van der Waals surface area contributed by atoms with Gasteiger partial charge in [-0.2, -0.15) is 0 Å². The van der Waals surface area contributed by atoms with Crippen LogP contribution in [0, 0.1) is 5.92 Å². The minimum absolute atomic E-state index is 0.446. The van der Waals surface area contributed by atoms with Crippen molar-refractivity contribution in [2.75, 3.05) is 0 Å². The van der Waals surface area contributed by atoms with E-state index in [2.05, 4.69) is 49.7 Å². The van der Waals surface area contributed by atoms with E-state index in [1.54, 1.807) is 0 Å². The standard InChI is InChI=1S/C16H17N/c1-4-7-15(12(2)3)16-10-13-8-5-6-9-14(13)11-17-16/h4-12H,1H2,2-3H3/b15-7+. The van der Waals surface area contributed by atoms with Gasteiger partial charge in [0, 0.05) is 11.6 Å². The topological polar surface area (TPSA) is 12.9 Å². The maximum absolute atomic E-state index is 4.53. The summed E-state index contributed by atoms with van der Waals surface area (Å²) in [5, 5.41) is 2.41. The quantitative estimate of drug-likeness (QED) is 0.700. The lowest BCUT2D eigenvalue weighted by atomic mass is 9.98. The normalized spacial score (nSPS) is 12.1. The van der Waals surface area contributed by atoms with Crippen LogP contribution in [-0.2, 0) is 0 Å². The zero-order valence-electron chi connectivity index (χ0n) is 10.4. The summed E-state index contributed by atoms with van der Waals surface area (Å²) in [6.07, 6.45) is 5.80. The molecule has 0 amide bonds. The van der Waals surface area contributed by atoms with Crippen LogP contribution in [0.5, 0.6) is 0 Å². The smallest absolute Gasteiger partial charge is 0.0670 e. The fraction of sp³-hybridized carbons (Fsp3) is 0.188. The molecule has 0 saturated carbocycles. The Morgan fingerprint density at radius 2 is 1.94 bits per heavy atom. The summed E-state index contributed by atoms with van der Waals surface area (Å²) in [6.45, 7) is 8.11. The molecule has 0 saturated heterocycles. The molecule has 0 spiro atoms. The molecule has 0 radical (unpaired) electrons. The molecular formula is C16H17N. The molecule has 0 fully saturated rings. The zero-order chi connectivity index (χ0) is 12.3. The fourth-order valence-corrected chi connectivity index (χ4v) is 1.94. The minimum Gasteiger partial charge on any atom is -0.256 e. The summed E-state index contributed by atoms with van der Waals surface area (Å²) in [5.74, 6) is 0.446. The van der Waals surface area contributed by atoms with Gasteiger partial charge < -0.3 is 0 Å². The summed E-state index contributed by atoms with van der Waals surface area (Å²) in [6, 6.07) is 10.4. The van der Waals surface area contributed by atoms with Gasteiger partial charge in [-0.05, 0) is 22.9 Å². The van der Waals surface area contributed by atoms with Crippen molar-refractivity contribution in [2.45, 2.75) is 13.8 Å². The Morgan fingerprint density at radius 3 is 2.59 bits per heavy atom. The molecule has 17 heavy (non-hydrogen) atoms. The van der Waals surface area contributed by atoms with Gasteiger partial charge in [0.2, 0.25) is 0 Å². The molecule has 2 rings (SSSR count). The average Bonchev–Trinajstić information content (AvgIpc) is 2.35.